The third kappa shape index (κ3) is 2.83. The number of benzene rings is 1. The molecule has 0 unspecified atom stereocenters. The molecular weight excluding hydrogens is 248 g/mol. The number of aryl methyl sites for hydroxylation is 1. The molecule has 0 amide bonds. The van der Waals surface area contributed by atoms with Gasteiger partial charge in [0.25, 0.3) is 0 Å². The maximum absolute atomic E-state index is 12.5. The average Bonchev–Trinajstić information content (AvgIpc) is 2.14. The monoisotopic (exact) mass is 257 g/mol. The van der Waals surface area contributed by atoms with Crippen LogP contribution < -0.4 is 5.73 Å². The number of hydrogen-bond acceptors (Lipinski definition) is 1. The predicted octanol–water partition coefficient (Wildman–Crippen LogP) is 3.87. The maximum atomic E-state index is 12.5. The highest BCUT2D eigenvalue weighted by atomic mass is 19.4. The fraction of sp³-hybridized carbons (Fsp3) is 0.400. The molecule has 0 atom stereocenters. The first kappa shape index (κ1) is 13.7. The third-order valence-electron chi connectivity index (χ3n) is 2.26. The largest absolute Gasteiger partial charge is 0.418 e. The summed E-state index contributed by atoms with van der Waals surface area (Å²) in [6.45, 7) is 1.46. The van der Waals surface area contributed by atoms with Crippen LogP contribution in [-0.4, -0.2) is 0 Å². The standard InChI is InChI=1S/C10H9F6N/c1-2-5-3-6(9(11,12)13)8(17)7(4-5)10(14,15)16/h3-4H,2,17H2,1H3. The van der Waals surface area contributed by atoms with Gasteiger partial charge in [0.1, 0.15) is 0 Å². The van der Waals surface area contributed by atoms with Gasteiger partial charge in [-0.1, -0.05) is 6.92 Å². The van der Waals surface area contributed by atoms with Gasteiger partial charge >= 0.3 is 12.4 Å². The van der Waals surface area contributed by atoms with E-state index in [1.165, 1.54) is 6.92 Å². The van der Waals surface area contributed by atoms with E-state index in [0.717, 1.165) is 0 Å². The van der Waals surface area contributed by atoms with Crippen molar-refractivity contribution in [1.29, 1.82) is 0 Å². The second-order valence-corrected chi connectivity index (χ2v) is 3.45. The topological polar surface area (TPSA) is 26.0 Å². The molecule has 7 heteroatoms. The van der Waals surface area contributed by atoms with Crippen LogP contribution >= 0.6 is 0 Å². The van der Waals surface area contributed by atoms with Crippen molar-refractivity contribution in [2.75, 3.05) is 5.73 Å². The van der Waals surface area contributed by atoms with E-state index in [2.05, 4.69) is 0 Å². The first-order chi connectivity index (χ1) is 7.57. The number of nitrogen functional groups attached to an aromatic ring is 1. The lowest BCUT2D eigenvalue weighted by molar-refractivity contribution is -0.141. The first-order valence-electron chi connectivity index (χ1n) is 4.64. The number of halogens is 6. The van der Waals surface area contributed by atoms with Gasteiger partial charge in [-0.3, -0.25) is 0 Å². The summed E-state index contributed by atoms with van der Waals surface area (Å²) in [7, 11) is 0. The molecule has 0 aromatic heterocycles. The SMILES string of the molecule is CCc1cc(C(F)(F)F)c(N)c(C(F)(F)F)c1. The molecule has 0 heterocycles. The molecule has 1 aromatic carbocycles. The predicted molar refractivity (Wildman–Crippen MR) is 50.2 cm³/mol. The molecule has 96 valence electrons. The summed E-state index contributed by atoms with van der Waals surface area (Å²) in [6.07, 6.45) is -9.73. The fourth-order valence-electron chi connectivity index (χ4n) is 1.39. The molecule has 0 saturated carbocycles. The highest BCUT2D eigenvalue weighted by molar-refractivity contribution is 5.58. The molecule has 0 fully saturated rings. The van der Waals surface area contributed by atoms with Gasteiger partial charge < -0.3 is 5.73 Å². The number of nitrogens with two attached hydrogens (primary N) is 1. The van der Waals surface area contributed by atoms with Gasteiger partial charge in [-0.2, -0.15) is 26.3 Å². The molecule has 1 aromatic rings. The first-order valence-corrected chi connectivity index (χ1v) is 4.64. The van der Waals surface area contributed by atoms with Crippen LogP contribution in [0, 0.1) is 0 Å². The summed E-state index contributed by atoms with van der Waals surface area (Å²) < 4.78 is 74.9. The van der Waals surface area contributed by atoms with Crippen LogP contribution in [0.2, 0.25) is 0 Å². The van der Waals surface area contributed by atoms with E-state index in [4.69, 9.17) is 5.73 Å². The van der Waals surface area contributed by atoms with Crippen molar-refractivity contribution in [2.45, 2.75) is 25.7 Å². The third-order valence-corrected chi connectivity index (χ3v) is 2.26. The second kappa shape index (κ2) is 4.12. The van der Waals surface area contributed by atoms with Gasteiger partial charge in [-0.05, 0) is 24.1 Å². The van der Waals surface area contributed by atoms with Gasteiger partial charge in [0.05, 0.1) is 16.8 Å². The zero-order valence-corrected chi connectivity index (χ0v) is 8.71. The van der Waals surface area contributed by atoms with E-state index in [9.17, 15) is 26.3 Å². The minimum atomic E-state index is -4.89. The Morgan fingerprint density at radius 1 is 0.941 bits per heavy atom. The van der Waals surface area contributed by atoms with Crippen LogP contribution in [0.5, 0.6) is 0 Å². The number of anilines is 1. The summed E-state index contributed by atoms with van der Waals surface area (Å²) in [5.74, 6) is 0. The van der Waals surface area contributed by atoms with Crippen molar-refractivity contribution in [3.63, 3.8) is 0 Å². The Morgan fingerprint density at radius 2 is 1.29 bits per heavy atom. The summed E-state index contributed by atoms with van der Waals surface area (Å²) in [6, 6.07) is 1.29. The van der Waals surface area contributed by atoms with E-state index in [1.807, 2.05) is 0 Å². The van der Waals surface area contributed by atoms with Gasteiger partial charge in [0.2, 0.25) is 0 Å². The van der Waals surface area contributed by atoms with Crippen molar-refractivity contribution < 1.29 is 26.3 Å². The normalized spacial score (nSPS) is 12.9. The molecule has 1 rings (SSSR count). The van der Waals surface area contributed by atoms with E-state index < -0.39 is 29.2 Å². The number of rotatable bonds is 1. The summed E-state index contributed by atoms with van der Waals surface area (Å²) in [4.78, 5) is 0. The molecule has 0 aliphatic carbocycles. The molecule has 0 radical (unpaired) electrons. The smallest absolute Gasteiger partial charge is 0.398 e. The Balaban J connectivity index is 3.53. The lowest BCUT2D eigenvalue weighted by atomic mass is 10.0. The highest BCUT2D eigenvalue weighted by Gasteiger charge is 2.40. The Morgan fingerprint density at radius 3 is 1.53 bits per heavy atom. The molecule has 0 aliphatic rings. The maximum Gasteiger partial charge on any atom is 0.418 e. The molecule has 0 aliphatic heterocycles. The summed E-state index contributed by atoms with van der Waals surface area (Å²) >= 11 is 0. The molecule has 1 nitrogen and oxygen atoms in total. The zero-order chi connectivity index (χ0) is 13.4. The summed E-state index contributed by atoms with van der Waals surface area (Å²) in [5.41, 5.74) is 0.726. The van der Waals surface area contributed by atoms with Crippen LogP contribution in [0.4, 0.5) is 32.0 Å². The average molecular weight is 257 g/mol. The van der Waals surface area contributed by atoms with Crippen LogP contribution in [0.3, 0.4) is 0 Å². The summed E-state index contributed by atoms with van der Waals surface area (Å²) in [5, 5.41) is 0. The quantitative estimate of drug-likeness (QED) is 0.599. The van der Waals surface area contributed by atoms with Gasteiger partial charge in [0, 0.05) is 0 Å². The number of alkyl halides is 6. The molecule has 2 N–H and O–H groups in total. The Bertz CT molecular complexity index is 383. The highest BCUT2D eigenvalue weighted by Crippen LogP contribution is 2.41. The van der Waals surface area contributed by atoms with Crippen molar-refractivity contribution in [1.82, 2.24) is 0 Å². The zero-order valence-electron chi connectivity index (χ0n) is 8.71. The molecule has 0 saturated heterocycles. The van der Waals surface area contributed by atoms with Crippen molar-refractivity contribution in [3.8, 4) is 0 Å². The Kier molecular flexibility index (Phi) is 3.31. The van der Waals surface area contributed by atoms with Crippen LogP contribution in [0.1, 0.15) is 23.6 Å². The Labute approximate surface area is 93.2 Å². The van der Waals surface area contributed by atoms with Crippen molar-refractivity contribution >= 4 is 5.69 Å². The van der Waals surface area contributed by atoms with Crippen LogP contribution in [0.15, 0.2) is 12.1 Å². The molecule has 17 heavy (non-hydrogen) atoms. The minimum Gasteiger partial charge on any atom is -0.398 e. The van der Waals surface area contributed by atoms with E-state index in [0.29, 0.717) is 12.1 Å². The molecular formula is C10H9F6N. The second-order valence-electron chi connectivity index (χ2n) is 3.45. The van der Waals surface area contributed by atoms with Crippen molar-refractivity contribution in [2.24, 2.45) is 0 Å². The van der Waals surface area contributed by atoms with Crippen LogP contribution in [-0.2, 0) is 18.8 Å². The van der Waals surface area contributed by atoms with Gasteiger partial charge in [0.15, 0.2) is 0 Å². The lowest BCUT2D eigenvalue weighted by Crippen LogP contribution is -2.16. The van der Waals surface area contributed by atoms with Crippen LogP contribution in [0.25, 0.3) is 0 Å². The van der Waals surface area contributed by atoms with Gasteiger partial charge in [-0.15, -0.1) is 0 Å². The van der Waals surface area contributed by atoms with E-state index in [1.54, 1.807) is 0 Å². The van der Waals surface area contributed by atoms with Gasteiger partial charge in [-0.25, -0.2) is 0 Å². The number of hydrogen-bond donors (Lipinski definition) is 1. The molecule has 0 bridgehead atoms. The fourth-order valence-corrected chi connectivity index (χ4v) is 1.39. The Hall–Kier alpha value is -1.40. The van der Waals surface area contributed by atoms with Crippen molar-refractivity contribution in [3.05, 3.63) is 28.8 Å². The van der Waals surface area contributed by atoms with E-state index in [-0.39, 0.29) is 12.0 Å². The molecule has 0 spiro atoms. The lowest BCUT2D eigenvalue weighted by Gasteiger charge is -2.17. The minimum absolute atomic E-state index is 0.0566. The van der Waals surface area contributed by atoms with E-state index >= 15 is 0 Å².